The van der Waals surface area contributed by atoms with E-state index in [0.29, 0.717) is 17.1 Å². The first-order valence-corrected chi connectivity index (χ1v) is 6.47. The lowest BCUT2D eigenvalue weighted by Crippen LogP contribution is -2.05. The summed E-state index contributed by atoms with van der Waals surface area (Å²) in [6.07, 6.45) is 3.03. The zero-order valence-electron chi connectivity index (χ0n) is 10.6. The molecule has 2 nitrogen and oxygen atoms in total. The summed E-state index contributed by atoms with van der Waals surface area (Å²) >= 11 is 5.75. The number of rotatable bonds is 5. The van der Waals surface area contributed by atoms with Crippen molar-refractivity contribution in [2.75, 3.05) is 0 Å². The highest BCUT2D eigenvalue weighted by atomic mass is 35.5. The third-order valence-corrected chi connectivity index (χ3v) is 2.95. The standard InChI is InChI=1S/C16H13ClFNO/c17-14-5-3-13(4-6-14)16(20)9-10-19-11-12-1-7-15(18)8-2-12/h1-10,19H,11H2. The second-order valence-electron chi connectivity index (χ2n) is 4.21. The average Bonchev–Trinajstić information content (AvgIpc) is 2.46. The predicted molar refractivity (Wildman–Crippen MR) is 78.2 cm³/mol. The van der Waals surface area contributed by atoms with Gasteiger partial charge in [0.05, 0.1) is 0 Å². The Morgan fingerprint density at radius 1 is 1.10 bits per heavy atom. The van der Waals surface area contributed by atoms with Gasteiger partial charge in [-0.15, -0.1) is 0 Å². The van der Waals surface area contributed by atoms with Crippen LogP contribution in [0, 0.1) is 5.82 Å². The molecule has 102 valence electrons. The van der Waals surface area contributed by atoms with Crippen LogP contribution in [0.2, 0.25) is 5.02 Å². The maximum atomic E-state index is 12.7. The fourth-order valence-corrected chi connectivity index (χ4v) is 1.75. The first-order chi connectivity index (χ1) is 9.65. The van der Waals surface area contributed by atoms with E-state index >= 15 is 0 Å². The molecule has 0 heterocycles. The number of allylic oxidation sites excluding steroid dienone is 1. The lowest BCUT2D eigenvalue weighted by atomic mass is 10.1. The molecule has 0 aromatic heterocycles. The number of carbonyl (C=O) groups excluding carboxylic acids is 1. The highest BCUT2D eigenvalue weighted by molar-refractivity contribution is 6.30. The van der Waals surface area contributed by atoms with E-state index in [9.17, 15) is 9.18 Å². The summed E-state index contributed by atoms with van der Waals surface area (Å²) < 4.78 is 12.7. The molecule has 0 saturated heterocycles. The van der Waals surface area contributed by atoms with Gasteiger partial charge in [0, 0.05) is 29.4 Å². The van der Waals surface area contributed by atoms with Crippen LogP contribution in [0.3, 0.4) is 0 Å². The smallest absolute Gasteiger partial charge is 0.187 e. The minimum absolute atomic E-state index is 0.103. The first kappa shape index (κ1) is 14.3. The topological polar surface area (TPSA) is 29.1 Å². The SMILES string of the molecule is O=C(C=CNCc1ccc(F)cc1)c1ccc(Cl)cc1. The van der Waals surface area contributed by atoms with E-state index in [2.05, 4.69) is 5.32 Å². The van der Waals surface area contributed by atoms with E-state index in [1.165, 1.54) is 18.2 Å². The van der Waals surface area contributed by atoms with Crippen molar-refractivity contribution >= 4 is 17.4 Å². The van der Waals surface area contributed by atoms with E-state index in [0.717, 1.165) is 5.56 Å². The molecule has 0 atom stereocenters. The molecule has 0 bridgehead atoms. The Morgan fingerprint density at radius 3 is 2.40 bits per heavy atom. The third kappa shape index (κ3) is 4.21. The van der Waals surface area contributed by atoms with Crippen molar-refractivity contribution < 1.29 is 9.18 Å². The molecule has 20 heavy (non-hydrogen) atoms. The van der Waals surface area contributed by atoms with Crippen LogP contribution in [0.5, 0.6) is 0 Å². The summed E-state index contributed by atoms with van der Waals surface area (Å²) in [6.45, 7) is 0.532. The van der Waals surface area contributed by atoms with E-state index < -0.39 is 0 Å². The van der Waals surface area contributed by atoms with Crippen molar-refractivity contribution in [2.24, 2.45) is 0 Å². The van der Waals surface area contributed by atoms with Gasteiger partial charge in [-0.1, -0.05) is 23.7 Å². The predicted octanol–water partition coefficient (Wildman–Crippen LogP) is 3.97. The van der Waals surface area contributed by atoms with E-state index in [1.807, 2.05) is 0 Å². The van der Waals surface area contributed by atoms with Crippen molar-refractivity contribution in [3.05, 3.63) is 82.8 Å². The van der Waals surface area contributed by atoms with Crippen LogP contribution in [-0.4, -0.2) is 5.78 Å². The number of hydrogen-bond donors (Lipinski definition) is 1. The monoisotopic (exact) mass is 289 g/mol. The molecular formula is C16H13ClFNO. The van der Waals surface area contributed by atoms with Crippen LogP contribution in [0.1, 0.15) is 15.9 Å². The van der Waals surface area contributed by atoms with Crippen molar-refractivity contribution in [1.82, 2.24) is 5.32 Å². The third-order valence-electron chi connectivity index (χ3n) is 2.70. The Labute approximate surface area is 121 Å². The van der Waals surface area contributed by atoms with Crippen molar-refractivity contribution in [2.45, 2.75) is 6.54 Å². The zero-order valence-corrected chi connectivity index (χ0v) is 11.4. The summed E-state index contributed by atoms with van der Waals surface area (Å²) in [4.78, 5) is 11.8. The molecule has 4 heteroatoms. The molecule has 0 aliphatic heterocycles. The number of benzene rings is 2. The summed E-state index contributed by atoms with van der Waals surface area (Å²) in [5.41, 5.74) is 1.52. The van der Waals surface area contributed by atoms with Gasteiger partial charge in [0.15, 0.2) is 5.78 Å². The van der Waals surface area contributed by atoms with Crippen LogP contribution in [0.15, 0.2) is 60.8 Å². The Kier molecular flexibility index (Phi) is 4.91. The lowest BCUT2D eigenvalue weighted by molar-refractivity contribution is 0.104. The molecule has 2 aromatic rings. The van der Waals surface area contributed by atoms with Crippen LogP contribution >= 0.6 is 11.6 Å². The Hall–Kier alpha value is -2.13. The molecule has 0 spiro atoms. The first-order valence-electron chi connectivity index (χ1n) is 6.09. The van der Waals surface area contributed by atoms with Crippen LogP contribution in [-0.2, 0) is 6.54 Å². The van der Waals surface area contributed by atoms with Gasteiger partial charge in [-0.3, -0.25) is 4.79 Å². The summed E-state index contributed by atoms with van der Waals surface area (Å²) in [5.74, 6) is -0.365. The van der Waals surface area contributed by atoms with Crippen LogP contribution < -0.4 is 5.32 Å². The molecule has 1 N–H and O–H groups in total. The highest BCUT2D eigenvalue weighted by Crippen LogP contribution is 2.10. The van der Waals surface area contributed by atoms with E-state index in [1.54, 1.807) is 42.6 Å². The lowest BCUT2D eigenvalue weighted by Gasteiger charge is -2.01. The molecular weight excluding hydrogens is 277 g/mol. The zero-order chi connectivity index (χ0) is 14.4. The Bertz CT molecular complexity index is 605. The summed E-state index contributed by atoms with van der Waals surface area (Å²) in [6, 6.07) is 12.9. The van der Waals surface area contributed by atoms with Crippen LogP contribution in [0.4, 0.5) is 4.39 Å². The number of hydrogen-bond acceptors (Lipinski definition) is 2. The number of nitrogens with one attached hydrogen (secondary N) is 1. The minimum Gasteiger partial charge on any atom is -0.387 e. The maximum Gasteiger partial charge on any atom is 0.187 e. The number of halogens is 2. The number of carbonyl (C=O) groups is 1. The molecule has 2 aromatic carbocycles. The second-order valence-corrected chi connectivity index (χ2v) is 4.65. The van der Waals surface area contributed by atoms with Gasteiger partial charge in [0.2, 0.25) is 0 Å². The van der Waals surface area contributed by atoms with Gasteiger partial charge in [0.25, 0.3) is 0 Å². The molecule has 0 unspecified atom stereocenters. The Morgan fingerprint density at radius 2 is 1.75 bits per heavy atom. The largest absolute Gasteiger partial charge is 0.387 e. The van der Waals surface area contributed by atoms with Gasteiger partial charge in [-0.05, 0) is 42.0 Å². The van der Waals surface area contributed by atoms with Crippen molar-refractivity contribution in [1.29, 1.82) is 0 Å². The van der Waals surface area contributed by atoms with Crippen molar-refractivity contribution in [3.63, 3.8) is 0 Å². The summed E-state index contributed by atoms with van der Waals surface area (Å²) in [5, 5.41) is 3.58. The normalized spacial score (nSPS) is 10.7. The maximum absolute atomic E-state index is 12.7. The number of ketones is 1. The average molecular weight is 290 g/mol. The van der Waals surface area contributed by atoms with Gasteiger partial charge in [-0.25, -0.2) is 4.39 Å². The fraction of sp³-hybridized carbons (Fsp3) is 0.0625. The van der Waals surface area contributed by atoms with Gasteiger partial charge in [0.1, 0.15) is 5.82 Å². The Balaban J connectivity index is 1.85. The van der Waals surface area contributed by atoms with Gasteiger partial charge in [-0.2, -0.15) is 0 Å². The fourth-order valence-electron chi connectivity index (χ4n) is 1.62. The second kappa shape index (κ2) is 6.87. The molecule has 0 fully saturated rings. The molecule has 0 radical (unpaired) electrons. The van der Waals surface area contributed by atoms with Gasteiger partial charge >= 0.3 is 0 Å². The molecule has 0 amide bonds. The highest BCUT2D eigenvalue weighted by Gasteiger charge is 2.00. The molecule has 2 rings (SSSR count). The van der Waals surface area contributed by atoms with E-state index in [-0.39, 0.29) is 11.6 Å². The van der Waals surface area contributed by atoms with Crippen molar-refractivity contribution in [3.8, 4) is 0 Å². The van der Waals surface area contributed by atoms with E-state index in [4.69, 9.17) is 11.6 Å². The van der Waals surface area contributed by atoms with Crippen LogP contribution in [0.25, 0.3) is 0 Å². The summed E-state index contributed by atoms with van der Waals surface area (Å²) in [7, 11) is 0. The molecule has 0 aliphatic carbocycles. The minimum atomic E-state index is -0.262. The molecule has 0 saturated carbocycles. The van der Waals surface area contributed by atoms with Gasteiger partial charge < -0.3 is 5.32 Å². The molecule has 0 aliphatic rings. The quantitative estimate of drug-likeness (QED) is 0.667.